The van der Waals surface area contributed by atoms with Crippen molar-refractivity contribution in [2.45, 2.75) is 38.1 Å². The van der Waals surface area contributed by atoms with Crippen molar-refractivity contribution < 1.29 is 27.9 Å². The summed E-state index contributed by atoms with van der Waals surface area (Å²) in [6, 6.07) is 18.0. The topological polar surface area (TPSA) is 122 Å². The third-order valence-electron chi connectivity index (χ3n) is 5.40. The second kappa shape index (κ2) is 11.6. The number of phenols is 1. The van der Waals surface area contributed by atoms with E-state index in [0.29, 0.717) is 5.69 Å². The van der Waals surface area contributed by atoms with Crippen LogP contribution in [0.25, 0.3) is 0 Å². The van der Waals surface area contributed by atoms with Crippen molar-refractivity contribution >= 4 is 27.6 Å². The van der Waals surface area contributed by atoms with E-state index in [9.17, 15) is 23.1 Å². The molecule has 0 heterocycles. The number of esters is 1. The predicted octanol–water partition coefficient (Wildman–Crippen LogP) is 3.79. The van der Waals surface area contributed by atoms with Gasteiger partial charge < -0.3 is 15.2 Å². The SMILES string of the molecule is CCc1cccc(CC)c1NC(=O)COC(=O)c1cc(S(=O)(=O)NCc2ccccc2)ccc1O. The summed E-state index contributed by atoms with van der Waals surface area (Å²) >= 11 is 0. The number of ether oxygens (including phenoxy) is 1. The first-order valence-electron chi connectivity index (χ1n) is 11.2. The third-order valence-corrected chi connectivity index (χ3v) is 6.80. The summed E-state index contributed by atoms with van der Waals surface area (Å²) in [7, 11) is -3.97. The number of carbonyl (C=O) groups excluding carboxylic acids is 2. The molecule has 9 heteroatoms. The minimum atomic E-state index is -3.97. The van der Waals surface area contributed by atoms with Crippen LogP contribution in [0.3, 0.4) is 0 Å². The molecule has 0 aliphatic heterocycles. The first-order chi connectivity index (χ1) is 16.7. The molecule has 3 aromatic rings. The number of aromatic hydroxyl groups is 1. The van der Waals surface area contributed by atoms with Crippen LogP contribution in [0.5, 0.6) is 5.75 Å². The van der Waals surface area contributed by atoms with E-state index in [0.717, 1.165) is 41.7 Å². The third kappa shape index (κ3) is 6.68. The van der Waals surface area contributed by atoms with Crippen LogP contribution in [0.15, 0.2) is 71.6 Å². The highest BCUT2D eigenvalue weighted by molar-refractivity contribution is 7.89. The first-order valence-corrected chi connectivity index (χ1v) is 12.7. The number of sulfonamides is 1. The number of nitrogens with one attached hydrogen (secondary N) is 2. The molecule has 184 valence electrons. The Morgan fingerprint density at radius 2 is 1.57 bits per heavy atom. The van der Waals surface area contributed by atoms with Crippen molar-refractivity contribution in [3.05, 3.63) is 89.0 Å². The van der Waals surface area contributed by atoms with Gasteiger partial charge in [0.15, 0.2) is 6.61 Å². The number of phenolic OH excluding ortho intramolecular Hbond substituents is 1. The second-order valence-corrected chi connectivity index (χ2v) is 9.54. The first kappa shape index (κ1) is 25.9. The number of amides is 1. The Bertz CT molecular complexity index is 1280. The summed E-state index contributed by atoms with van der Waals surface area (Å²) in [5.41, 5.74) is 3.02. The molecule has 0 fully saturated rings. The summed E-state index contributed by atoms with van der Waals surface area (Å²) in [6.07, 6.45) is 1.44. The smallest absolute Gasteiger partial charge is 0.342 e. The van der Waals surface area contributed by atoms with Crippen molar-refractivity contribution in [1.82, 2.24) is 4.72 Å². The van der Waals surface area contributed by atoms with E-state index in [4.69, 9.17) is 4.74 Å². The van der Waals surface area contributed by atoms with Gasteiger partial charge in [-0.1, -0.05) is 62.4 Å². The van der Waals surface area contributed by atoms with Crippen LogP contribution < -0.4 is 10.0 Å². The number of para-hydroxylation sites is 1. The van der Waals surface area contributed by atoms with Gasteiger partial charge >= 0.3 is 5.97 Å². The lowest BCUT2D eigenvalue weighted by molar-refractivity contribution is -0.119. The summed E-state index contributed by atoms with van der Waals surface area (Å²) in [4.78, 5) is 24.8. The summed E-state index contributed by atoms with van der Waals surface area (Å²) < 4.78 is 32.9. The molecule has 0 radical (unpaired) electrons. The molecule has 0 saturated heterocycles. The fourth-order valence-corrected chi connectivity index (χ4v) is 4.53. The Morgan fingerprint density at radius 1 is 0.914 bits per heavy atom. The van der Waals surface area contributed by atoms with Gasteiger partial charge in [-0.25, -0.2) is 17.9 Å². The number of benzene rings is 3. The molecule has 0 spiro atoms. The van der Waals surface area contributed by atoms with E-state index in [1.807, 2.05) is 38.1 Å². The number of rotatable bonds is 10. The number of aryl methyl sites for hydroxylation is 2. The van der Waals surface area contributed by atoms with Gasteiger partial charge in [-0.15, -0.1) is 0 Å². The summed E-state index contributed by atoms with van der Waals surface area (Å²) in [5, 5.41) is 12.9. The quantitative estimate of drug-likeness (QED) is 0.367. The van der Waals surface area contributed by atoms with Crippen LogP contribution in [-0.2, 0) is 38.9 Å². The van der Waals surface area contributed by atoms with E-state index >= 15 is 0 Å². The molecule has 0 aromatic heterocycles. The number of anilines is 1. The molecule has 8 nitrogen and oxygen atoms in total. The van der Waals surface area contributed by atoms with Gasteiger partial charge in [0.2, 0.25) is 10.0 Å². The molecule has 3 aromatic carbocycles. The summed E-state index contributed by atoms with van der Waals surface area (Å²) in [6.45, 7) is 3.41. The average molecular weight is 497 g/mol. The van der Waals surface area contributed by atoms with Gasteiger partial charge in [0.25, 0.3) is 5.91 Å². The molecule has 35 heavy (non-hydrogen) atoms. The highest BCUT2D eigenvalue weighted by atomic mass is 32.2. The summed E-state index contributed by atoms with van der Waals surface area (Å²) in [5.74, 6) is -2.01. The number of carbonyl (C=O) groups is 2. The number of hydrogen-bond donors (Lipinski definition) is 3. The molecule has 0 unspecified atom stereocenters. The minimum absolute atomic E-state index is 0.0585. The highest BCUT2D eigenvalue weighted by Gasteiger charge is 2.21. The van der Waals surface area contributed by atoms with Crippen molar-refractivity contribution in [2.24, 2.45) is 0 Å². The highest BCUT2D eigenvalue weighted by Crippen LogP contribution is 2.24. The van der Waals surface area contributed by atoms with Gasteiger partial charge in [0.1, 0.15) is 11.3 Å². The average Bonchev–Trinajstić information content (AvgIpc) is 2.87. The Labute approximate surface area is 205 Å². The molecule has 0 bridgehead atoms. The van der Waals surface area contributed by atoms with Crippen molar-refractivity contribution in [1.29, 1.82) is 0 Å². The number of hydrogen-bond acceptors (Lipinski definition) is 6. The van der Waals surface area contributed by atoms with Gasteiger partial charge in [0.05, 0.1) is 4.90 Å². The zero-order valence-electron chi connectivity index (χ0n) is 19.6. The van der Waals surface area contributed by atoms with Crippen LogP contribution in [0, 0.1) is 0 Å². The van der Waals surface area contributed by atoms with Gasteiger partial charge in [-0.05, 0) is 47.7 Å². The largest absolute Gasteiger partial charge is 0.507 e. The van der Waals surface area contributed by atoms with E-state index in [1.165, 1.54) is 6.07 Å². The minimum Gasteiger partial charge on any atom is -0.507 e. The fourth-order valence-electron chi connectivity index (χ4n) is 3.49. The lowest BCUT2D eigenvalue weighted by Gasteiger charge is -2.14. The monoisotopic (exact) mass is 496 g/mol. The van der Waals surface area contributed by atoms with E-state index in [-0.39, 0.29) is 17.0 Å². The van der Waals surface area contributed by atoms with E-state index < -0.39 is 34.3 Å². The second-order valence-electron chi connectivity index (χ2n) is 7.77. The molecule has 0 saturated carbocycles. The van der Waals surface area contributed by atoms with Crippen molar-refractivity contribution in [2.75, 3.05) is 11.9 Å². The van der Waals surface area contributed by atoms with Crippen LogP contribution >= 0.6 is 0 Å². The van der Waals surface area contributed by atoms with Crippen LogP contribution in [-0.4, -0.2) is 32.0 Å². The standard InChI is InChI=1S/C26H28N2O6S/c1-3-19-11-8-12-20(4-2)25(19)28-24(30)17-34-26(31)22-15-21(13-14-23(22)29)35(32,33)27-16-18-9-6-5-7-10-18/h5-15,27,29H,3-4,16-17H2,1-2H3,(H,28,30). The zero-order chi connectivity index (χ0) is 25.4. The van der Waals surface area contributed by atoms with Crippen LogP contribution in [0.4, 0.5) is 5.69 Å². The molecule has 1 amide bonds. The van der Waals surface area contributed by atoms with Gasteiger partial charge in [0, 0.05) is 12.2 Å². The lowest BCUT2D eigenvalue weighted by atomic mass is 10.0. The van der Waals surface area contributed by atoms with Crippen LogP contribution in [0.2, 0.25) is 0 Å². The van der Waals surface area contributed by atoms with Crippen molar-refractivity contribution in [3.8, 4) is 5.75 Å². The van der Waals surface area contributed by atoms with E-state index in [2.05, 4.69) is 10.0 Å². The van der Waals surface area contributed by atoms with Gasteiger partial charge in [-0.3, -0.25) is 4.79 Å². The molecular weight excluding hydrogens is 468 g/mol. The Morgan fingerprint density at radius 3 is 2.20 bits per heavy atom. The Hall–Kier alpha value is -3.69. The van der Waals surface area contributed by atoms with E-state index in [1.54, 1.807) is 24.3 Å². The predicted molar refractivity (Wildman–Crippen MR) is 133 cm³/mol. The molecule has 0 aliphatic carbocycles. The maximum absolute atomic E-state index is 12.7. The van der Waals surface area contributed by atoms with Crippen LogP contribution in [0.1, 0.15) is 40.9 Å². The lowest BCUT2D eigenvalue weighted by Crippen LogP contribution is -2.24. The Balaban J connectivity index is 1.68. The maximum Gasteiger partial charge on any atom is 0.342 e. The molecule has 0 atom stereocenters. The van der Waals surface area contributed by atoms with Gasteiger partial charge in [-0.2, -0.15) is 0 Å². The fraction of sp³-hybridized carbons (Fsp3) is 0.231. The molecule has 3 rings (SSSR count). The van der Waals surface area contributed by atoms with Crippen molar-refractivity contribution in [3.63, 3.8) is 0 Å². The normalized spacial score (nSPS) is 11.1. The molecular formula is C26H28N2O6S. The Kier molecular flexibility index (Phi) is 8.62. The molecule has 0 aliphatic rings. The maximum atomic E-state index is 12.7. The zero-order valence-corrected chi connectivity index (χ0v) is 20.4. The molecule has 3 N–H and O–H groups in total.